The first-order chi connectivity index (χ1) is 8.74. The zero-order valence-electron chi connectivity index (χ0n) is 13.4. The summed E-state index contributed by atoms with van der Waals surface area (Å²) in [7, 11) is 0. The van der Waals surface area contributed by atoms with Crippen molar-refractivity contribution in [2.45, 2.75) is 85.0 Å². The summed E-state index contributed by atoms with van der Waals surface area (Å²) in [6.07, 6.45) is 11.3. The molecule has 0 aliphatic heterocycles. The average molecular weight is 273 g/mol. The highest BCUT2D eigenvalue weighted by molar-refractivity contribution is 5.69. The van der Waals surface area contributed by atoms with Crippen LogP contribution in [-0.4, -0.2) is 12.6 Å². The Morgan fingerprint density at radius 2 is 1.42 bits per heavy atom. The zero-order chi connectivity index (χ0) is 13.6. The quantitative estimate of drug-likeness (QED) is 0.389. The fourth-order valence-electron chi connectivity index (χ4n) is 2.14. The summed E-state index contributed by atoms with van der Waals surface area (Å²) in [5, 5.41) is 0. The second-order valence-electron chi connectivity index (χ2n) is 5.26. The Balaban J connectivity index is 0. The largest absolute Gasteiger partial charge is 0.466 e. The standard InChI is InChI=1S/C16H32O2.H3N/c1-4-7-10-15(11-8-5-2)12-13-16(17)18-14-9-6-3;/h15H,4-14H2,1-3H3;1H3. The summed E-state index contributed by atoms with van der Waals surface area (Å²) < 4.78 is 5.20. The average Bonchev–Trinajstić information content (AvgIpc) is 2.38. The molecule has 0 aromatic heterocycles. The number of hydrogen-bond acceptors (Lipinski definition) is 3. The molecule has 0 aliphatic carbocycles. The maximum Gasteiger partial charge on any atom is 0.305 e. The molecule has 19 heavy (non-hydrogen) atoms. The van der Waals surface area contributed by atoms with E-state index in [2.05, 4.69) is 20.8 Å². The van der Waals surface area contributed by atoms with Crippen LogP contribution in [-0.2, 0) is 9.53 Å². The molecule has 0 spiro atoms. The van der Waals surface area contributed by atoms with E-state index in [-0.39, 0.29) is 12.1 Å². The van der Waals surface area contributed by atoms with E-state index < -0.39 is 0 Å². The molecule has 116 valence electrons. The van der Waals surface area contributed by atoms with Crippen LogP contribution in [0.5, 0.6) is 0 Å². The van der Waals surface area contributed by atoms with E-state index in [0.717, 1.165) is 25.2 Å². The molecule has 0 rings (SSSR count). The van der Waals surface area contributed by atoms with Crippen molar-refractivity contribution in [2.24, 2.45) is 5.92 Å². The third kappa shape index (κ3) is 13.7. The first kappa shape index (κ1) is 20.7. The number of carbonyl (C=O) groups excluding carboxylic acids is 1. The number of hydrogen-bond donors (Lipinski definition) is 1. The molecule has 0 aromatic carbocycles. The fraction of sp³-hybridized carbons (Fsp3) is 0.938. The SMILES string of the molecule is CCCCOC(=O)CCC(CCCC)CCCC.N. The van der Waals surface area contributed by atoms with Crippen molar-refractivity contribution in [3.8, 4) is 0 Å². The summed E-state index contributed by atoms with van der Waals surface area (Å²) >= 11 is 0. The Hall–Kier alpha value is -0.570. The molecule has 0 saturated heterocycles. The van der Waals surface area contributed by atoms with Crippen molar-refractivity contribution in [2.75, 3.05) is 6.61 Å². The Morgan fingerprint density at radius 3 is 1.89 bits per heavy atom. The number of carbonyl (C=O) groups is 1. The topological polar surface area (TPSA) is 61.3 Å². The Morgan fingerprint density at radius 1 is 0.895 bits per heavy atom. The van der Waals surface area contributed by atoms with Gasteiger partial charge >= 0.3 is 5.97 Å². The molecule has 0 atom stereocenters. The van der Waals surface area contributed by atoms with E-state index in [0.29, 0.717) is 13.0 Å². The summed E-state index contributed by atoms with van der Waals surface area (Å²) in [5.74, 6) is 0.727. The Bertz CT molecular complexity index is 187. The minimum absolute atomic E-state index is 0. The van der Waals surface area contributed by atoms with Crippen molar-refractivity contribution < 1.29 is 9.53 Å². The van der Waals surface area contributed by atoms with Gasteiger partial charge in [0.05, 0.1) is 6.61 Å². The molecule has 0 amide bonds. The van der Waals surface area contributed by atoms with Gasteiger partial charge in [0, 0.05) is 6.42 Å². The van der Waals surface area contributed by atoms with Gasteiger partial charge in [0.2, 0.25) is 0 Å². The number of unbranched alkanes of at least 4 members (excludes halogenated alkanes) is 3. The monoisotopic (exact) mass is 273 g/mol. The summed E-state index contributed by atoms with van der Waals surface area (Å²) in [6.45, 7) is 7.18. The van der Waals surface area contributed by atoms with Gasteiger partial charge in [-0.25, -0.2) is 0 Å². The van der Waals surface area contributed by atoms with E-state index in [1.807, 2.05) is 0 Å². The maximum atomic E-state index is 11.5. The summed E-state index contributed by atoms with van der Waals surface area (Å²) in [6, 6.07) is 0. The lowest BCUT2D eigenvalue weighted by Gasteiger charge is -2.15. The number of esters is 1. The third-order valence-electron chi connectivity index (χ3n) is 3.45. The lowest BCUT2D eigenvalue weighted by Crippen LogP contribution is -2.09. The summed E-state index contributed by atoms with van der Waals surface area (Å²) in [4.78, 5) is 11.5. The molecule has 0 aliphatic rings. The van der Waals surface area contributed by atoms with E-state index in [4.69, 9.17) is 4.74 Å². The lowest BCUT2D eigenvalue weighted by molar-refractivity contribution is -0.144. The number of ether oxygens (including phenoxy) is 1. The van der Waals surface area contributed by atoms with Gasteiger partial charge in [0.25, 0.3) is 0 Å². The maximum absolute atomic E-state index is 11.5. The van der Waals surface area contributed by atoms with Gasteiger partial charge in [-0.1, -0.05) is 65.7 Å². The lowest BCUT2D eigenvalue weighted by atomic mass is 9.92. The van der Waals surface area contributed by atoms with Crippen LogP contribution in [0.25, 0.3) is 0 Å². The van der Waals surface area contributed by atoms with Gasteiger partial charge < -0.3 is 10.9 Å². The van der Waals surface area contributed by atoms with E-state index in [1.54, 1.807) is 0 Å². The minimum atomic E-state index is 0. The van der Waals surface area contributed by atoms with Gasteiger partial charge in [-0.2, -0.15) is 0 Å². The molecule has 3 nitrogen and oxygen atoms in total. The molecule has 0 fully saturated rings. The van der Waals surface area contributed by atoms with Crippen molar-refractivity contribution >= 4 is 5.97 Å². The van der Waals surface area contributed by atoms with Crippen LogP contribution in [0.4, 0.5) is 0 Å². The Kier molecular flexibility index (Phi) is 16.9. The smallest absolute Gasteiger partial charge is 0.305 e. The van der Waals surface area contributed by atoms with Crippen LogP contribution in [0.3, 0.4) is 0 Å². The minimum Gasteiger partial charge on any atom is -0.466 e. The highest BCUT2D eigenvalue weighted by Gasteiger charge is 2.11. The van der Waals surface area contributed by atoms with Crippen LogP contribution in [0.15, 0.2) is 0 Å². The highest BCUT2D eigenvalue weighted by atomic mass is 16.5. The molecule has 0 unspecified atom stereocenters. The van der Waals surface area contributed by atoms with Gasteiger partial charge in [-0.05, 0) is 18.8 Å². The molecular weight excluding hydrogens is 238 g/mol. The summed E-state index contributed by atoms with van der Waals surface area (Å²) in [5.41, 5.74) is 0. The van der Waals surface area contributed by atoms with Gasteiger partial charge in [-0.3, -0.25) is 4.79 Å². The van der Waals surface area contributed by atoms with Crippen LogP contribution in [0.1, 0.15) is 85.0 Å². The van der Waals surface area contributed by atoms with Crippen molar-refractivity contribution in [1.29, 1.82) is 0 Å². The van der Waals surface area contributed by atoms with Crippen LogP contribution in [0.2, 0.25) is 0 Å². The van der Waals surface area contributed by atoms with Gasteiger partial charge in [0.1, 0.15) is 0 Å². The molecule has 3 heteroatoms. The van der Waals surface area contributed by atoms with Crippen molar-refractivity contribution in [3.05, 3.63) is 0 Å². The Labute approximate surface area is 120 Å². The second kappa shape index (κ2) is 15.5. The van der Waals surface area contributed by atoms with E-state index >= 15 is 0 Å². The molecular formula is C16H35NO2. The molecule has 0 heterocycles. The van der Waals surface area contributed by atoms with Gasteiger partial charge in [0.15, 0.2) is 0 Å². The number of rotatable bonds is 12. The van der Waals surface area contributed by atoms with Gasteiger partial charge in [-0.15, -0.1) is 0 Å². The highest BCUT2D eigenvalue weighted by Crippen LogP contribution is 2.21. The van der Waals surface area contributed by atoms with Crippen molar-refractivity contribution in [1.82, 2.24) is 6.15 Å². The predicted octanol–water partition coefficient (Wildman–Crippen LogP) is 5.27. The van der Waals surface area contributed by atoms with Crippen molar-refractivity contribution in [3.63, 3.8) is 0 Å². The van der Waals surface area contributed by atoms with Crippen LogP contribution >= 0.6 is 0 Å². The molecule has 0 bridgehead atoms. The van der Waals surface area contributed by atoms with Crippen LogP contribution < -0.4 is 6.15 Å². The first-order valence-electron chi connectivity index (χ1n) is 7.90. The predicted molar refractivity (Wildman–Crippen MR) is 82.7 cm³/mol. The molecule has 0 radical (unpaired) electrons. The zero-order valence-corrected chi connectivity index (χ0v) is 13.4. The van der Waals surface area contributed by atoms with E-state index in [1.165, 1.54) is 38.5 Å². The molecule has 0 saturated carbocycles. The molecule has 3 N–H and O–H groups in total. The fourth-order valence-corrected chi connectivity index (χ4v) is 2.14. The molecule has 0 aromatic rings. The van der Waals surface area contributed by atoms with E-state index in [9.17, 15) is 4.79 Å². The van der Waals surface area contributed by atoms with Crippen LogP contribution in [0, 0.1) is 5.92 Å². The second-order valence-corrected chi connectivity index (χ2v) is 5.26. The normalized spacial score (nSPS) is 10.3. The third-order valence-corrected chi connectivity index (χ3v) is 3.45. The first-order valence-corrected chi connectivity index (χ1v) is 7.90.